The molecule has 0 aromatic heterocycles. The van der Waals surface area contributed by atoms with Crippen LogP contribution in [0, 0.1) is 11.8 Å². The van der Waals surface area contributed by atoms with Gasteiger partial charge in [0.2, 0.25) is 0 Å². The van der Waals surface area contributed by atoms with Gasteiger partial charge >= 0.3 is 5.97 Å². The van der Waals surface area contributed by atoms with Gasteiger partial charge in [0.1, 0.15) is 6.10 Å². The van der Waals surface area contributed by atoms with Crippen LogP contribution in [0.25, 0.3) is 0 Å². The van der Waals surface area contributed by atoms with Crippen molar-refractivity contribution < 1.29 is 23.5 Å². The normalized spacial score (nSPS) is 32.6. The number of aliphatic hydroxyl groups is 1. The van der Waals surface area contributed by atoms with Crippen molar-refractivity contribution in [3.8, 4) is 0 Å². The Morgan fingerprint density at radius 1 is 1.04 bits per heavy atom. The molecule has 1 saturated carbocycles. The number of rotatable bonds is 5. The minimum Gasteiger partial charge on any atom is -0.460 e. The van der Waals surface area contributed by atoms with Gasteiger partial charge < -0.3 is 18.7 Å². The maximum absolute atomic E-state index is 11.9. The van der Waals surface area contributed by atoms with Gasteiger partial charge in [0.05, 0.1) is 6.10 Å². The van der Waals surface area contributed by atoms with Gasteiger partial charge in [-0.05, 0) is 36.3 Å². The van der Waals surface area contributed by atoms with Crippen LogP contribution in [0.15, 0.2) is 0 Å². The molecule has 158 valence electrons. The summed E-state index contributed by atoms with van der Waals surface area (Å²) in [6.45, 7) is 22.8. The number of ether oxygens (including phenoxy) is 1. The molecule has 0 bridgehead atoms. The zero-order valence-electron chi connectivity index (χ0n) is 18.9. The molecule has 7 heteroatoms. The molecule has 2 fully saturated rings. The van der Waals surface area contributed by atoms with Crippen LogP contribution in [0.2, 0.25) is 36.3 Å². The van der Waals surface area contributed by atoms with Gasteiger partial charge in [-0.3, -0.25) is 0 Å². The standard InChI is InChI=1S/C20H40O5Si2/c1-19(2,3)26(7,8)23-12-13-14(25-27(9,10)20(4,5)6)11-15-16(13)17(21)18(22)24-15/h13-17,21H,11-12H2,1-10H3/t13-,14+,15-,16+,17?/m1/s1. The Morgan fingerprint density at radius 2 is 1.56 bits per heavy atom. The number of aliphatic hydroxyl groups excluding tert-OH is 1. The van der Waals surface area contributed by atoms with Crippen LogP contribution in [-0.2, 0) is 18.4 Å². The van der Waals surface area contributed by atoms with E-state index < -0.39 is 28.7 Å². The van der Waals surface area contributed by atoms with Crippen LogP contribution in [0.3, 0.4) is 0 Å². The molecule has 1 saturated heterocycles. The molecule has 0 amide bonds. The van der Waals surface area contributed by atoms with Gasteiger partial charge in [0.25, 0.3) is 0 Å². The number of carbonyl (C=O) groups is 1. The van der Waals surface area contributed by atoms with Crippen molar-refractivity contribution in [3.05, 3.63) is 0 Å². The van der Waals surface area contributed by atoms with E-state index in [0.29, 0.717) is 13.0 Å². The lowest BCUT2D eigenvalue weighted by Gasteiger charge is -2.42. The summed E-state index contributed by atoms with van der Waals surface area (Å²) < 4.78 is 18.7. The molecular formula is C20H40O5Si2. The predicted molar refractivity (Wildman–Crippen MR) is 113 cm³/mol. The summed E-state index contributed by atoms with van der Waals surface area (Å²) in [5.41, 5.74) is 0. The monoisotopic (exact) mass is 416 g/mol. The van der Waals surface area contributed by atoms with Crippen molar-refractivity contribution in [1.82, 2.24) is 0 Å². The van der Waals surface area contributed by atoms with Crippen molar-refractivity contribution in [2.75, 3.05) is 6.61 Å². The minimum absolute atomic E-state index is 0.0142. The van der Waals surface area contributed by atoms with Gasteiger partial charge in [0.15, 0.2) is 22.7 Å². The lowest BCUT2D eigenvalue weighted by molar-refractivity contribution is -0.148. The van der Waals surface area contributed by atoms with E-state index in [4.69, 9.17) is 13.6 Å². The lowest BCUT2D eigenvalue weighted by atomic mass is 9.91. The van der Waals surface area contributed by atoms with Crippen LogP contribution in [0.5, 0.6) is 0 Å². The summed E-state index contributed by atoms with van der Waals surface area (Å²) in [6, 6.07) is 0. The summed E-state index contributed by atoms with van der Waals surface area (Å²) in [5, 5.41) is 10.7. The summed E-state index contributed by atoms with van der Waals surface area (Å²) >= 11 is 0. The maximum atomic E-state index is 11.9. The second-order valence-corrected chi connectivity index (χ2v) is 21.0. The van der Waals surface area contributed by atoms with E-state index >= 15 is 0 Å². The van der Waals surface area contributed by atoms with Crippen LogP contribution < -0.4 is 0 Å². The minimum atomic E-state index is -1.98. The van der Waals surface area contributed by atoms with Crippen LogP contribution >= 0.6 is 0 Å². The topological polar surface area (TPSA) is 65.0 Å². The maximum Gasteiger partial charge on any atom is 0.335 e. The predicted octanol–water partition coefficient (Wildman–Crippen LogP) is 4.32. The Labute approximate surface area is 167 Å². The molecule has 5 atom stereocenters. The first kappa shape index (κ1) is 23.1. The van der Waals surface area contributed by atoms with Crippen molar-refractivity contribution >= 4 is 22.6 Å². The van der Waals surface area contributed by atoms with E-state index in [2.05, 4.69) is 67.7 Å². The highest BCUT2D eigenvalue weighted by Gasteiger charge is 2.58. The highest BCUT2D eigenvalue weighted by molar-refractivity contribution is 6.74. The molecule has 2 aliphatic rings. The van der Waals surface area contributed by atoms with Gasteiger partial charge in [-0.25, -0.2) is 4.79 Å². The van der Waals surface area contributed by atoms with Crippen molar-refractivity contribution in [3.63, 3.8) is 0 Å². The van der Waals surface area contributed by atoms with E-state index in [0.717, 1.165) is 0 Å². The van der Waals surface area contributed by atoms with Gasteiger partial charge in [0, 0.05) is 24.9 Å². The fraction of sp³-hybridized carbons (Fsp3) is 0.950. The molecule has 0 radical (unpaired) electrons. The summed E-state index contributed by atoms with van der Waals surface area (Å²) in [7, 11) is -3.91. The summed E-state index contributed by atoms with van der Waals surface area (Å²) in [5.74, 6) is -0.732. The highest BCUT2D eigenvalue weighted by atomic mass is 28.4. The molecular weight excluding hydrogens is 376 g/mol. The third-order valence-corrected chi connectivity index (χ3v) is 16.4. The van der Waals surface area contributed by atoms with Crippen LogP contribution in [0.4, 0.5) is 0 Å². The van der Waals surface area contributed by atoms with Crippen molar-refractivity contribution in [2.45, 2.75) is 103 Å². The smallest absolute Gasteiger partial charge is 0.335 e. The molecule has 1 N–H and O–H groups in total. The largest absolute Gasteiger partial charge is 0.460 e. The fourth-order valence-electron chi connectivity index (χ4n) is 3.45. The highest BCUT2D eigenvalue weighted by Crippen LogP contribution is 2.47. The molecule has 0 aromatic carbocycles. The third-order valence-electron chi connectivity index (χ3n) is 7.43. The Balaban J connectivity index is 2.22. The average Bonchev–Trinajstić information content (AvgIpc) is 2.91. The number of esters is 1. The van der Waals surface area contributed by atoms with E-state index in [1.165, 1.54) is 0 Å². The van der Waals surface area contributed by atoms with Gasteiger partial charge in [-0.15, -0.1) is 0 Å². The molecule has 1 heterocycles. The Kier molecular flexibility index (Phi) is 6.18. The van der Waals surface area contributed by atoms with E-state index in [1.54, 1.807) is 0 Å². The number of hydrogen-bond acceptors (Lipinski definition) is 5. The first-order chi connectivity index (χ1) is 12.0. The van der Waals surface area contributed by atoms with Gasteiger partial charge in [-0.1, -0.05) is 41.5 Å². The summed E-state index contributed by atoms with van der Waals surface area (Å²) in [6.07, 6.45) is -0.689. The van der Waals surface area contributed by atoms with E-state index in [-0.39, 0.29) is 34.1 Å². The second-order valence-electron chi connectivity index (χ2n) is 11.4. The molecule has 2 rings (SSSR count). The zero-order chi connectivity index (χ0) is 21.0. The molecule has 27 heavy (non-hydrogen) atoms. The molecule has 5 nitrogen and oxygen atoms in total. The third kappa shape index (κ3) is 4.52. The Hall–Kier alpha value is -0.216. The SMILES string of the molecule is CC(C)(C)[Si](C)(C)OC[C@H]1[C@@H]2C(O)C(=O)O[C@@H]2C[C@@H]1O[Si](C)(C)C(C)(C)C. The first-order valence-corrected chi connectivity index (χ1v) is 16.0. The van der Waals surface area contributed by atoms with E-state index in [9.17, 15) is 9.90 Å². The van der Waals surface area contributed by atoms with E-state index in [1.807, 2.05) is 0 Å². The second kappa shape index (κ2) is 7.24. The Bertz CT molecular complexity index is 562. The average molecular weight is 417 g/mol. The van der Waals surface area contributed by atoms with Crippen LogP contribution in [-0.4, -0.2) is 52.6 Å². The van der Waals surface area contributed by atoms with Crippen LogP contribution in [0.1, 0.15) is 48.0 Å². The lowest BCUT2D eigenvalue weighted by Crippen LogP contribution is -2.48. The van der Waals surface area contributed by atoms with Crippen molar-refractivity contribution in [1.29, 1.82) is 0 Å². The molecule has 1 aliphatic carbocycles. The quantitative estimate of drug-likeness (QED) is 0.534. The van der Waals surface area contributed by atoms with Gasteiger partial charge in [-0.2, -0.15) is 0 Å². The number of fused-ring (bicyclic) bond motifs is 1. The summed E-state index contributed by atoms with van der Waals surface area (Å²) in [4.78, 5) is 11.9. The molecule has 1 unspecified atom stereocenters. The zero-order valence-corrected chi connectivity index (χ0v) is 20.9. The molecule has 0 spiro atoms. The number of carbonyl (C=O) groups excluding carboxylic acids is 1. The molecule has 1 aliphatic heterocycles. The first-order valence-electron chi connectivity index (χ1n) is 10.2. The molecule has 0 aromatic rings. The van der Waals surface area contributed by atoms with Crippen molar-refractivity contribution in [2.24, 2.45) is 11.8 Å². The number of hydrogen-bond donors (Lipinski definition) is 1. The fourth-order valence-corrected chi connectivity index (χ4v) is 5.88. The Morgan fingerprint density at radius 3 is 2.04 bits per heavy atom.